The number of likely N-dealkylation sites (tertiary alicyclic amines) is 1. The van der Waals surface area contributed by atoms with Crippen molar-refractivity contribution >= 4 is 0 Å². The molecule has 2 heterocycles. The summed E-state index contributed by atoms with van der Waals surface area (Å²) in [5.74, 6) is 0. The fourth-order valence-corrected chi connectivity index (χ4v) is 3.19. The molecule has 2 aliphatic heterocycles. The molecule has 2 rings (SSSR count). The van der Waals surface area contributed by atoms with Gasteiger partial charge >= 0.3 is 0 Å². The molecule has 0 aromatic carbocycles. The summed E-state index contributed by atoms with van der Waals surface area (Å²) >= 11 is 0. The Balaban J connectivity index is 1.98. The van der Waals surface area contributed by atoms with Crippen LogP contribution in [0.3, 0.4) is 0 Å². The fraction of sp³-hybridized carbons (Fsp3) is 1.00. The quantitative estimate of drug-likeness (QED) is 0.640. The smallest absolute Gasteiger partial charge is 0.0710 e. The van der Waals surface area contributed by atoms with Gasteiger partial charge in [0, 0.05) is 25.2 Å². The topological polar surface area (TPSA) is 12.5 Å². The van der Waals surface area contributed by atoms with Crippen molar-refractivity contribution in [3.63, 3.8) is 0 Å². The first-order valence-electron chi connectivity index (χ1n) is 6.03. The van der Waals surface area contributed by atoms with Crippen LogP contribution < -0.4 is 0 Å². The van der Waals surface area contributed by atoms with Gasteiger partial charge in [-0.25, -0.2) is 0 Å². The Morgan fingerprint density at radius 1 is 1.36 bits per heavy atom. The van der Waals surface area contributed by atoms with E-state index >= 15 is 0 Å². The molecule has 2 fully saturated rings. The molecule has 0 N–H and O–H groups in total. The Morgan fingerprint density at radius 2 is 2.14 bits per heavy atom. The molecule has 2 nitrogen and oxygen atoms in total. The SMILES string of the molecule is CC(C)N1CCC2(CCCO2)CC1C. The predicted molar refractivity (Wildman–Crippen MR) is 58.5 cm³/mol. The molecule has 0 amide bonds. The number of nitrogens with zero attached hydrogens (tertiary/aromatic N) is 1. The number of hydrogen-bond donors (Lipinski definition) is 0. The summed E-state index contributed by atoms with van der Waals surface area (Å²) in [5, 5.41) is 0. The van der Waals surface area contributed by atoms with E-state index in [1.165, 1.54) is 32.2 Å². The van der Waals surface area contributed by atoms with E-state index in [0.717, 1.165) is 6.61 Å². The van der Waals surface area contributed by atoms with Crippen LogP contribution >= 0.6 is 0 Å². The van der Waals surface area contributed by atoms with Crippen LogP contribution in [0, 0.1) is 0 Å². The Hall–Kier alpha value is -0.0800. The second kappa shape index (κ2) is 3.82. The van der Waals surface area contributed by atoms with Crippen LogP contribution in [-0.4, -0.2) is 35.7 Å². The van der Waals surface area contributed by atoms with E-state index in [1.807, 2.05) is 0 Å². The summed E-state index contributed by atoms with van der Waals surface area (Å²) in [7, 11) is 0. The zero-order valence-corrected chi connectivity index (χ0v) is 9.75. The average Bonchev–Trinajstić information content (AvgIpc) is 2.52. The second-order valence-electron chi connectivity index (χ2n) is 5.27. The molecule has 1 spiro atoms. The minimum absolute atomic E-state index is 0.269. The van der Waals surface area contributed by atoms with Crippen LogP contribution in [0.1, 0.15) is 46.5 Å². The van der Waals surface area contributed by atoms with Crippen molar-refractivity contribution in [2.45, 2.75) is 64.1 Å². The van der Waals surface area contributed by atoms with Gasteiger partial charge in [0.2, 0.25) is 0 Å². The van der Waals surface area contributed by atoms with Crippen molar-refractivity contribution in [3.05, 3.63) is 0 Å². The third kappa shape index (κ3) is 1.82. The van der Waals surface area contributed by atoms with Gasteiger partial charge < -0.3 is 4.74 Å². The van der Waals surface area contributed by atoms with Gasteiger partial charge in [-0.2, -0.15) is 0 Å². The number of ether oxygens (including phenoxy) is 1. The minimum atomic E-state index is 0.269. The van der Waals surface area contributed by atoms with E-state index < -0.39 is 0 Å². The maximum atomic E-state index is 5.95. The first kappa shape index (κ1) is 10.4. The van der Waals surface area contributed by atoms with Crippen LogP contribution in [0.5, 0.6) is 0 Å². The van der Waals surface area contributed by atoms with Crippen molar-refractivity contribution < 1.29 is 4.74 Å². The van der Waals surface area contributed by atoms with Crippen molar-refractivity contribution in [3.8, 4) is 0 Å². The molecule has 2 aliphatic rings. The third-order valence-electron chi connectivity index (χ3n) is 3.91. The Bertz CT molecular complexity index is 196. The lowest BCUT2D eigenvalue weighted by atomic mass is 9.84. The highest BCUT2D eigenvalue weighted by Gasteiger charge is 2.41. The number of hydrogen-bond acceptors (Lipinski definition) is 2. The van der Waals surface area contributed by atoms with E-state index in [9.17, 15) is 0 Å². The van der Waals surface area contributed by atoms with E-state index in [-0.39, 0.29) is 5.60 Å². The van der Waals surface area contributed by atoms with Gasteiger partial charge in [0.15, 0.2) is 0 Å². The van der Waals surface area contributed by atoms with Gasteiger partial charge in [-0.05, 0) is 46.5 Å². The monoisotopic (exact) mass is 197 g/mol. The number of rotatable bonds is 1. The zero-order chi connectivity index (χ0) is 10.2. The van der Waals surface area contributed by atoms with E-state index in [4.69, 9.17) is 4.74 Å². The van der Waals surface area contributed by atoms with Gasteiger partial charge in [0.05, 0.1) is 5.60 Å². The molecule has 2 atom stereocenters. The maximum absolute atomic E-state index is 5.95. The lowest BCUT2D eigenvalue weighted by Crippen LogP contribution is -2.51. The minimum Gasteiger partial charge on any atom is -0.375 e. The summed E-state index contributed by atoms with van der Waals surface area (Å²) in [6, 6.07) is 1.38. The van der Waals surface area contributed by atoms with Crippen molar-refractivity contribution in [1.82, 2.24) is 4.90 Å². The Kier molecular flexibility index (Phi) is 2.85. The van der Waals surface area contributed by atoms with Crippen molar-refractivity contribution in [1.29, 1.82) is 0 Å². The largest absolute Gasteiger partial charge is 0.375 e. The van der Waals surface area contributed by atoms with E-state index in [0.29, 0.717) is 12.1 Å². The lowest BCUT2D eigenvalue weighted by Gasteiger charge is -2.45. The van der Waals surface area contributed by atoms with Crippen LogP contribution in [0.4, 0.5) is 0 Å². The molecule has 0 saturated carbocycles. The summed E-state index contributed by atoms with van der Waals surface area (Å²) in [6.45, 7) is 9.16. The van der Waals surface area contributed by atoms with Crippen LogP contribution in [0.15, 0.2) is 0 Å². The molecule has 0 aromatic heterocycles. The van der Waals surface area contributed by atoms with Gasteiger partial charge in [-0.15, -0.1) is 0 Å². The van der Waals surface area contributed by atoms with Crippen molar-refractivity contribution in [2.24, 2.45) is 0 Å². The molecule has 14 heavy (non-hydrogen) atoms. The second-order valence-corrected chi connectivity index (χ2v) is 5.27. The third-order valence-corrected chi connectivity index (χ3v) is 3.91. The normalized spacial score (nSPS) is 39.9. The van der Waals surface area contributed by atoms with Crippen LogP contribution in [0.25, 0.3) is 0 Å². The van der Waals surface area contributed by atoms with Crippen molar-refractivity contribution in [2.75, 3.05) is 13.2 Å². The van der Waals surface area contributed by atoms with Gasteiger partial charge in [0.1, 0.15) is 0 Å². The Labute approximate surface area is 87.6 Å². The molecular formula is C12H23NO. The van der Waals surface area contributed by atoms with E-state index in [2.05, 4.69) is 25.7 Å². The van der Waals surface area contributed by atoms with Crippen LogP contribution in [-0.2, 0) is 4.74 Å². The molecule has 0 bridgehead atoms. The summed E-state index contributed by atoms with van der Waals surface area (Å²) in [4.78, 5) is 2.60. The highest BCUT2D eigenvalue weighted by molar-refractivity contribution is 4.94. The highest BCUT2D eigenvalue weighted by Crippen LogP contribution is 2.38. The standard InChI is InChI=1S/C12H23NO/c1-10(2)13-7-6-12(9-11(13)3)5-4-8-14-12/h10-11H,4-9H2,1-3H3. The molecule has 2 saturated heterocycles. The number of piperidine rings is 1. The molecule has 0 aromatic rings. The zero-order valence-electron chi connectivity index (χ0n) is 9.75. The molecule has 0 radical (unpaired) electrons. The highest BCUT2D eigenvalue weighted by atomic mass is 16.5. The fourth-order valence-electron chi connectivity index (χ4n) is 3.19. The Morgan fingerprint density at radius 3 is 2.64 bits per heavy atom. The predicted octanol–water partition coefficient (Wildman–Crippen LogP) is 2.43. The molecule has 2 unspecified atom stereocenters. The summed E-state index contributed by atoms with van der Waals surface area (Å²) in [5.41, 5.74) is 0.269. The first-order chi connectivity index (χ1) is 6.63. The first-order valence-corrected chi connectivity index (χ1v) is 6.03. The molecule has 2 heteroatoms. The maximum Gasteiger partial charge on any atom is 0.0710 e. The molecule has 82 valence electrons. The summed E-state index contributed by atoms with van der Waals surface area (Å²) in [6.07, 6.45) is 5.05. The molecular weight excluding hydrogens is 174 g/mol. The van der Waals surface area contributed by atoms with Gasteiger partial charge in [-0.3, -0.25) is 4.90 Å². The average molecular weight is 197 g/mol. The van der Waals surface area contributed by atoms with Crippen LogP contribution in [0.2, 0.25) is 0 Å². The lowest BCUT2D eigenvalue weighted by molar-refractivity contribution is -0.0675. The van der Waals surface area contributed by atoms with Gasteiger partial charge in [-0.1, -0.05) is 0 Å². The molecule has 0 aliphatic carbocycles. The van der Waals surface area contributed by atoms with E-state index in [1.54, 1.807) is 0 Å². The summed E-state index contributed by atoms with van der Waals surface area (Å²) < 4.78 is 5.95. The van der Waals surface area contributed by atoms with Gasteiger partial charge in [0.25, 0.3) is 0 Å².